The number of anilines is 1. The van der Waals surface area contributed by atoms with Crippen molar-refractivity contribution in [2.75, 3.05) is 18.0 Å². The molecule has 2 aromatic heterocycles. The number of aryl methyl sites for hydroxylation is 1. The van der Waals surface area contributed by atoms with Gasteiger partial charge in [0.1, 0.15) is 0 Å². The maximum absolute atomic E-state index is 5.98. The van der Waals surface area contributed by atoms with Crippen LogP contribution in [0, 0.1) is 12.8 Å². The fourth-order valence-electron chi connectivity index (χ4n) is 2.78. The molecule has 102 valence electrons. The predicted octanol–water partition coefficient (Wildman–Crippen LogP) is 1.60. The van der Waals surface area contributed by atoms with E-state index in [2.05, 4.69) is 21.9 Å². The summed E-state index contributed by atoms with van der Waals surface area (Å²) in [4.78, 5) is 6.88. The average Bonchev–Trinajstić information content (AvgIpc) is 2.84. The lowest BCUT2D eigenvalue weighted by Gasteiger charge is -2.32. The second kappa shape index (κ2) is 4.81. The highest BCUT2D eigenvalue weighted by atomic mass is 15.4. The maximum atomic E-state index is 5.98. The van der Waals surface area contributed by atoms with E-state index in [1.807, 2.05) is 29.6 Å². The van der Waals surface area contributed by atoms with Gasteiger partial charge in [0.2, 0.25) is 5.95 Å². The number of hydrogen-bond donors (Lipinski definition) is 1. The highest BCUT2D eigenvalue weighted by Crippen LogP contribution is 2.23. The molecule has 1 aliphatic rings. The largest absolute Gasteiger partial charge is 0.339 e. The lowest BCUT2D eigenvalue weighted by atomic mass is 9.91. The van der Waals surface area contributed by atoms with Crippen LogP contribution in [0.1, 0.15) is 25.5 Å². The normalized spacial score (nSPS) is 19.0. The van der Waals surface area contributed by atoms with E-state index < -0.39 is 0 Å². The van der Waals surface area contributed by atoms with Gasteiger partial charge in [-0.3, -0.25) is 0 Å². The summed E-state index contributed by atoms with van der Waals surface area (Å²) in [5, 5.41) is 4.61. The Balaban J connectivity index is 1.80. The van der Waals surface area contributed by atoms with Crippen LogP contribution in [0.2, 0.25) is 0 Å². The van der Waals surface area contributed by atoms with Crippen LogP contribution in [0.25, 0.3) is 5.65 Å². The molecule has 0 aromatic carbocycles. The van der Waals surface area contributed by atoms with Crippen molar-refractivity contribution in [1.82, 2.24) is 14.6 Å². The first-order chi connectivity index (χ1) is 9.15. The Kier molecular flexibility index (Phi) is 3.14. The monoisotopic (exact) mass is 259 g/mol. The van der Waals surface area contributed by atoms with E-state index in [0.717, 1.165) is 43.2 Å². The first-order valence-corrected chi connectivity index (χ1v) is 6.98. The minimum atomic E-state index is 0.290. The number of nitrogens with zero attached hydrogens (tertiary/aromatic N) is 4. The second-order valence-electron chi connectivity index (χ2n) is 5.53. The van der Waals surface area contributed by atoms with Crippen LogP contribution >= 0.6 is 0 Å². The summed E-state index contributed by atoms with van der Waals surface area (Å²) < 4.78 is 1.91. The highest BCUT2D eigenvalue weighted by Gasteiger charge is 2.24. The van der Waals surface area contributed by atoms with Crippen molar-refractivity contribution in [2.45, 2.75) is 32.7 Å². The minimum absolute atomic E-state index is 0.290. The SMILES string of the molecule is Cc1cccc2nc(N3CCC(C(C)N)CC3)nn12. The third kappa shape index (κ3) is 2.30. The van der Waals surface area contributed by atoms with Crippen molar-refractivity contribution in [3.05, 3.63) is 23.9 Å². The molecule has 3 heterocycles. The van der Waals surface area contributed by atoms with Crippen molar-refractivity contribution in [1.29, 1.82) is 0 Å². The number of fused-ring (bicyclic) bond motifs is 1. The van der Waals surface area contributed by atoms with Crippen molar-refractivity contribution >= 4 is 11.6 Å². The summed E-state index contributed by atoms with van der Waals surface area (Å²) in [5.74, 6) is 1.48. The smallest absolute Gasteiger partial charge is 0.245 e. The number of aromatic nitrogens is 3. The van der Waals surface area contributed by atoms with E-state index in [-0.39, 0.29) is 0 Å². The van der Waals surface area contributed by atoms with Gasteiger partial charge in [0.05, 0.1) is 0 Å². The molecule has 0 aliphatic carbocycles. The Morgan fingerprint density at radius 1 is 1.32 bits per heavy atom. The van der Waals surface area contributed by atoms with Gasteiger partial charge in [-0.15, -0.1) is 5.10 Å². The van der Waals surface area contributed by atoms with Gasteiger partial charge in [-0.1, -0.05) is 6.07 Å². The summed E-state index contributed by atoms with van der Waals surface area (Å²) >= 11 is 0. The molecule has 0 amide bonds. The molecule has 1 atom stereocenters. The average molecular weight is 259 g/mol. The molecule has 2 aromatic rings. The first kappa shape index (κ1) is 12.4. The summed E-state index contributed by atoms with van der Waals surface area (Å²) in [7, 11) is 0. The molecule has 1 unspecified atom stereocenters. The predicted molar refractivity (Wildman–Crippen MR) is 76.3 cm³/mol. The number of piperidine rings is 1. The van der Waals surface area contributed by atoms with Crippen LogP contribution in [0.4, 0.5) is 5.95 Å². The van der Waals surface area contributed by atoms with Crippen molar-refractivity contribution in [2.24, 2.45) is 11.7 Å². The maximum Gasteiger partial charge on any atom is 0.245 e. The van der Waals surface area contributed by atoms with Crippen LogP contribution in [0.15, 0.2) is 18.2 Å². The topological polar surface area (TPSA) is 59.5 Å². The Labute approximate surface area is 113 Å². The molecule has 2 N–H and O–H groups in total. The van der Waals surface area contributed by atoms with Crippen molar-refractivity contribution in [3.63, 3.8) is 0 Å². The molecule has 3 rings (SSSR count). The highest BCUT2D eigenvalue weighted by molar-refractivity contribution is 5.45. The molecule has 19 heavy (non-hydrogen) atoms. The molecule has 5 nitrogen and oxygen atoms in total. The fraction of sp³-hybridized carbons (Fsp3) is 0.571. The second-order valence-corrected chi connectivity index (χ2v) is 5.53. The quantitative estimate of drug-likeness (QED) is 0.890. The molecule has 5 heteroatoms. The molecule has 0 saturated carbocycles. The van der Waals surface area contributed by atoms with Gasteiger partial charge in [0.15, 0.2) is 5.65 Å². The number of pyridine rings is 1. The fourth-order valence-corrected chi connectivity index (χ4v) is 2.78. The van der Waals surface area contributed by atoms with Gasteiger partial charge >= 0.3 is 0 Å². The van der Waals surface area contributed by atoms with E-state index in [4.69, 9.17) is 5.73 Å². The number of nitrogens with two attached hydrogens (primary N) is 1. The zero-order valence-electron chi connectivity index (χ0n) is 11.6. The van der Waals surface area contributed by atoms with Gasteiger partial charge in [-0.2, -0.15) is 4.98 Å². The minimum Gasteiger partial charge on any atom is -0.339 e. The van der Waals surface area contributed by atoms with Gasteiger partial charge in [-0.25, -0.2) is 4.52 Å². The molecule has 1 fully saturated rings. The van der Waals surface area contributed by atoms with Gasteiger partial charge in [-0.05, 0) is 44.7 Å². The summed E-state index contributed by atoms with van der Waals surface area (Å²) in [6, 6.07) is 6.36. The van der Waals surface area contributed by atoms with Crippen LogP contribution < -0.4 is 10.6 Å². The lowest BCUT2D eigenvalue weighted by molar-refractivity contribution is 0.352. The van der Waals surface area contributed by atoms with E-state index in [1.54, 1.807) is 0 Å². The molecule has 0 radical (unpaired) electrons. The van der Waals surface area contributed by atoms with E-state index in [9.17, 15) is 0 Å². The molecular weight excluding hydrogens is 238 g/mol. The van der Waals surface area contributed by atoms with Crippen LogP contribution in [-0.2, 0) is 0 Å². The van der Waals surface area contributed by atoms with Gasteiger partial charge in [0.25, 0.3) is 0 Å². The first-order valence-electron chi connectivity index (χ1n) is 6.98. The number of hydrogen-bond acceptors (Lipinski definition) is 4. The van der Waals surface area contributed by atoms with Crippen LogP contribution in [-0.4, -0.2) is 33.7 Å². The molecule has 0 spiro atoms. The summed E-state index contributed by atoms with van der Waals surface area (Å²) in [6.45, 7) is 6.16. The molecule has 0 bridgehead atoms. The van der Waals surface area contributed by atoms with Crippen molar-refractivity contribution in [3.8, 4) is 0 Å². The Hall–Kier alpha value is -1.62. The summed E-state index contributed by atoms with van der Waals surface area (Å²) in [5.41, 5.74) is 8.01. The van der Waals surface area contributed by atoms with Gasteiger partial charge < -0.3 is 10.6 Å². The Morgan fingerprint density at radius 3 is 2.68 bits per heavy atom. The third-order valence-corrected chi connectivity index (χ3v) is 4.10. The van der Waals surface area contributed by atoms with E-state index in [0.29, 0.717) is 12.0 Å². The van der Waals surface area contributed by atoms with Gasteiger partial charge in [0, 0.05) is 24.8 Å². The Bertz CT molecular complexity index is 566. The van der Waals surface area contributed by atoms with Crippen LogP contribution in [0.5, 0.6) is 0 Å². The zero-order valence-corrected chi connectivity index (χ0v) is 11.6. The summed E-state index contributed by atoms with van der Waals surface area (Å²) in [6.07, 6.45) is 2.26. The van der Waals surface area contributed by atoms with E-state index in [1.165, 1.54) is 0 Å². The Morgan fingerprint density at radius 2 is 2.05 bits per heavy atom. The van der Waals surface area contributed by atoms with E-state index >= 15 is 0 Å². The molecular formula is C14H21N5. The third-order valence-electron chi connectivity index (χ3n) is 4.10. The standard InChI is InChI=1S/C14H21N5/c1-10-4-3-5-13-16-14(17-19(10)13)18-8-6-12(7-9-18)11(2)15/h3-5,11-12H,6-9,15H2,1-2H3. The lowest BCUT2D eigenvalue weighted by Crippen LogP contribution is -2.40. The molecule has 1 aliphatic heterocycles. The number of rotatable bonds is 2. The zero-order chi connectivity index (χ0) is 13.4. The van der Waals surface area contributed by atoms with Crippen LogP contribution in [0.3, 0.4) is 0 Å². The van der Waals surface area contributed by atoms with Crippen molar-refractivity contribution < 1.29 is 0 Å². The molecule has 1 saturated heterocycles.